The standard InChI is InChI=1S/C19H22ClNO9P2/c1-12(2)27-18(22)28-16-7-6-14(20)9-15(16)17-29-31(3,24)19(23,32(25,26)30-17)10-13-5-4-8-21-11-13/h4-9,11-12,17,23H,10H2,1-3H3,(H,25,26). The molecule has 4 atom stereocenters. The molecule has 10 nitrogen and oxygen atoms in total. The molecule has 0 bridgehead atoms. The molecule has 1 saturated heterocycles. The quantitative estimate of drug-likeness (QED) is 0.334. The maximum absolute atomic E-state index is 13.4. The Morgan fingerprint density at radius 2 is 2.03 bits per heavy atom. The molecule has 13 heteroatoms. The maximum atomic E-state index is 13.4. The van der Waals surface area contributed by atoms with E-state index in [1.165, 1.54) is 30.6 Å². The molecule has 3 rings (SSSR count). The molecule has 2 N–H and O–H groups in total. The fourth-order valence-corrected chi connectivity index (χ4v) is 7.46. The zero-order valence-electron chi connectivity index (χ0n) is 17.4. The van der Waals surface area contributed by atoms with Crippen LogP contribution in [0.15, 0.2) is 42.7 Å². The molecule has 0 amide bonds. The molecule has 1 aliphatic heterocycles. The minimum atomic E-state index is -4.98. The summed E-state index contributed by atoms with van der Waals surface area (Å²) in [5.74, 6) is -0.150. The number of carbonyl (C=O) groups excluding carboxylic acids is 1. The first-order chi connectivity index (χ1) is 14.8. The van der Waals surface area contributed by atoms with E-state index >= 15 is 0 Å². The van der Waals surface area contributed by atoms with Crippen LogP contribution >= 0.6 is 26.6 Å². The smallest absolute Gasteiger partial charge is 0.431 e. The lowest BCUT2D eigenvalue weighted by Crippen LogP contribution is -2.37. The van der Waals surface area contributed by atoms with Crippen molar-refractivity contribution in [2.75, 3.05) is 6.66 Å². The summed E-state index contributed by atoms with van der Waals surface area (Å²) in [6.07, 6.45) is -0.902. The van der Waals surface area contributed by atoms with Gasteiger partial charge in [-0.05, 0) is 43.7 Å². The Kier molecular flexibility index (Phi) is 7.17. The fourth-order valence-electron chi connectivity index (χ4n) is 2.97. The minimum Gasteiger partial charge on any atom is -0.431 e. The number of aromatic nitrogens is 1. The van der Waals surface area contributed by atoms with Crippen LogP contribution in [0.25, 0.3) is 0 Å². The number of rotatable bonds is 5. The van der Waals surface area contributed by atoms with Crippen molar-refractivity contribution in [1.82, 2.24) is 4.98 Å². The topological polar surface area (TPSA) is 141 Å². The number of halogens is 1. The Morgan fingerprint density at radius 3 is 2.62 bits per heavy atom. The van der Waals surface area contributed by atoms with Crippen molar-refractivity contribution in [3.05, 3.63) is 58.9 Å². The van der Waals surface area contributed by atoms with E-state index in [1.54, 1.807) is 26.0 Å². The summed E-state index contributed by atoms with van der Waals surface area (Å²) in [7, 11) is -9.22. The zero-order chi connectivity index (χ0) is 23.7. The number of aliphatic hydroxyl groups is 1. The Bertz CT molecular complexity index is 1070. The van der Waals surface area contributed by atoms with Gasteiger partial charge in [0.15, 0.2) is 0 Å². The minimum absolute atomic E-state index is 0.0852. The van der Waals surface area contributed by atoms with Crippen LogP contribution < -0.4 is 4.74 Å². The molecule has 2 aromatic rings. The predicted molar refractivity (Wildman–Crippen MR) is 115 cm³/mol. The normalized spacial score (nSPS) is 30.2. The maximum Gasteiger partial charge on any atom is 0.514 e. The molecule has 0 saturated carbocycles. The summed E-state index contributed by atoms with van der Waals surface area (Å²) < 4.78 is 47.2. The van der Waals surface area contributed by atoms with Gasteiger partial charge < -0.3 is 19.5 Å². The average molecular weight is 506 g/mol. The molecule has 32 heavy (non-hydrogen) atoms. The molecule has 2 heterocycles. The van der Waals surface area contributed by atoms with Gasteiger partial charge in [-0.2, -0.15) is 0 Å². The molecule has 0 radical (unpaired) electrons. The summed E-state index contributed by atoms with van der Waals surface area (Å²) in [6, 6.07) is 7.05. The van der Waals surface area contributed by atoms with Crippen molar-refractivity contribution in [3.63, 3.8) is 0 Å². The van der Waals surface area contributed by atoms with E-state index in [0.29, 0.717) is 5.56 Å². The summed E-state index contributed by atoms with van der Waals surface area (Å²) in [5.41, 5.74) is 0.262. The Morgan fingerprint density at radius 1 is 1.31 bits per heavy atom. The molecule has 1 aromatic heterocycles. The van der Waals surface area contributed by atoms with Gasteiger partial charge in [0, 0.05) is 30.5 Å². The van der Waals surface area contributed by atoms with Crippen molar-refractivity contribution in [3.8, 4) is 5.75 Å². The second kappa shape index (κ2) is 9.23. The third-order valence-corrected chi connectivity index (χ3v) is 10.2. The van der Waals surface area contributed by atoms with Gasteiger partial charge in [-0.25, -0.2) is 4.79 Å². The first-order valence-corrected chi connectivity index (χ1v) is 13.4. The molecular formula is C19H22ClNO9P2. The highest BCUT2D eigenvalue weighted by Crippen LogP contribution is 2.79. The average Bonchev–Trinajstić information content (AvgIpc) is 2.67. The lowest BCUT2D eigenvalue weighted by molar-refractivity contribution is -0.0451. The van der Waals surface area contributed by atoms with Crippen LogP contribution in [0.3, 0.4) is 0 Å². The van der Waals surface area contributed by atoms with E-state index in [1.807, 2.05) is 0 Å². The second-order valence-corrected chi connectivity index (χ2v) is 12.8. The molecule has 4 unspecified atom stereocenters. The monoisotopic (exact) mass is 505 g/mol. The van der Waals surface area contributed by atoms with Gasteiger partial charge in [0.1, 0.15) is 5.75 Å². The van der Waals surface area contributed by atoms with Crippen LogP contribution in [-0.2, 0) is 29.3 Å². The SMILES string of the molecule is CC(C)OC(=O)Oc1ccc(Cl)cc1C1OP(C)(=O)C(O)(Cc2cccnc2)P(=O)(O)O1. The summed E-state index contributed by atoms with van der Waals surface area (Å²) in [6.45, 7) is 4.27. The number of hydrogen-bond donors (Lipinski definition) is 2. The number of benzene rings is 1. The van der Waals surface area contributed by atoms with Gasteiger partial charge in [-0.3, -0.25) is 23.2 Å². The highest BCUT2D eigenvalue weighted by Gasteiger charge is 2.65. The van der Waals surface area contributed by atoms with Crippen molar-refractivity contribution in [1.29, 1.82) is 0 Å². The van der Waals surface area contributed by atoms with E-state index < -0.39 is 45.0 Å². The van der Waals surface area contributed by atoms with Crippen LogP contribution in [0.1, 0.15) is 31.3 Å². The molecule has 1 fully saturated rings. The third kappa shape index (κ3) is 5.07. The largest absolute Gasteiger partial charge is 0.514 e. The van der Waals surface area contributed by atoms with Crippen LogP contribution in [0, 0.1) is 0 Å². The molecule has 0 spiro atoms. The van der Waals surface area contributed by atoms with E-state index in [9.17, 15) is 23.9 Å². The van der Waals surface area contributed by atoms with E-state index in [4.69, 9.17) is 30.1 Å². The Balaban J connectivity index is 1.96. The highest BCUT2D eigenvalue weighted by atomic mass is 35.5. The second-order valence-electron chi connectivity index (χ2n) is 7.42. The molecule has 1 aromatic carbocycles. The zero-order valence-corrected chi connectivity index (χ0v) is 19.9. The van der Waals surface area contributed by atoms with Gasteiger partial charge >= 0.3 is 13.8 Å². The number of nitrogens with zero attached hydrogens (tertiary/aromatic N) is 1. The lowest BCUT2D eigenvalue weighted by atomic mass is 10.2. The predicted octanol–water partition coefficient (Wildman–Crippen LogP) is 4.69. The number of ether oxygens (including phenoxy) is 2. The van der Waals surface area contributed by atoms with Gasteiger partial charge in [-0.1, -0.05) is 17.7 Å². The summed E-state index contributed by atoms with van der Waals surface area (Å²) in [4.78, 5) is 26.4. The van der Waals surface area contributed by atoms with Crippen LogP contribution in [0.5, 0.6) is 5.75 Å². The van der Waals surface area contributed by atoms with Crippen molar-refractivity contribution >= 4 is 32.7 Å². The van der Waals surface area contributed by atoms with Crippen LogP contribution in [-0.4, -0.2) is 39.0 Å². The fraction of sp³-hybridized carbons (Fsp3) is 0.368. The lowest BCUT2D eigenvalue weighted by Gasteiger charge is -2.43. The molecule has 174 valence electrons. The summed E-state index contributed by atoms with van der Waals surface area (Å²) in [5, 5.41) is 8.46. The Hall–Kier alpha value is -1.77. The number of carbonyl (C=O) groups is 1. The van der Waals surface area contributed by atoms with E-state index in [-0.39, 0.29) is 16.3 Å². The van der Waals surface area contributed by atoms with Crippen LogP contribution in [0.4, 0.5) is 4.79 Å². The molecule has 1 aliphatic rings. The van der Waals surface area contributed by atoms with Crippen molar-refractivity contribution < 1.29 is 42.4 Å². The van der Waals surface area contributed by atoms with Crippen molar-refractivity contribution in [2.45, 2.75) is 37.7 Å². The first-order valence-electron chi connectivity index (χ1n) is 9.41. The van der Waals surface area contributed by atoms with Gasteiger partial charge in [0.05, 0.1) is 11.7 Å². The van der Waals surface area contributed by atoms with Gasteiger partial charge in [0.25, 0.3) is 0 Å². The van der Waals surface area contributed by atoms with E-state index in [0.717, 1.165) is 6.66 Å². The molecule has 0 aliphatic carbocycles. The van der Waals surface area contributed by atoms with Gasteiger partial charge in [-0.15, -0.1) is 0 Å². The molecular weight excluding hydrogens is 484 g/mol. The van der Waals surface area contributed by atoms with Crippen molar-refractivity contribution in [2.24, 2.45) is 0 Å². The number of pyridine rings is 1. The first kappa shape index (κ1) is 24.9. The van der Waals surface area contributed by atoms with Crippen LogP contribution in [0.2, 0.25) is 5.02 Å². The number of hydrogen-bond acceptors (Lipinski definition) is 9. The van der Waals surface area contributed by atoms with Gasteiger partial charge in [0.2, 0.25) is 18.7 Å². The Labute approximate surface area is 189 Å². The van der Waals surface area contributed by atoms with E-state index in [2.05, 4.69) is 4.98 Å². The third-order valence-electron chi connectivity index (χ3n) is 4.55. The highest BCUT2D eigenvalue weighted by molar-refractivity contribution is 7.76. The summed E-state index contributed by atoms with van der Waals surface area (Å²) >= 11 is 6.02.